The Hall–Kier alpha value is -0.870. The molecule has 1 N–H and O–H groups in total. The summed E-state index contributed by atoms with van der Waals surface area (Å²) in [6.45, 7) is 0.482. The van der Waals surface area contributed by atoms with Crippen molar-refractivity contribution in [2.45, 2.75) is 13.0 Å². The highest BCUT2D eigenvalue weighted by atomic mass is 79.9. The van der Waals surface area contributed by atoms with E-state index < -0.39 is 0 Å². The third-order valence-electron chi connectivity index (χ3n) is 2.08. The second kappa shape index (κ2) is 5.88. The maximum atomic E-state index is 11.4. The highest BCUT2D eigenvalue weighted by Crippen LogP contribution is 2.11. The molecule has 0 atom stereocenters. The average Bonchev–Trinajstić information content (AvgIpc) is 2.22. The molecule has 0 heterocycles. The van der Waals surface area contributed by atoms with E-state index in [2.05, 4.69) is 15.9 Å². The average molecular weight is 272 g/mol. The molecule has 0 spiro atoms. The summed E-state index contributed by atoms with van der Waals surface area (Å²) in [5.41, 5.74) is 1.08. The molecule has 1 amide bonds. The number of benzene rings is 1. The Morgan fingerprint density at radius 3 is 2.53 bits per heavy atom. The topological polar surface area (TPSA) is 40.5 Å². The second-order valence-electron chi connectivity index (χ2n) is 3.35. The van der Waals surface area contributed by atoms with E-state index in [1.54, 1.807) is 11.9 Å². The number of halogens is 1. The van der Waals surface area contributed by atoms with E-state index >= 15 is 0 Å². The van der Waals surface area contributed by atoms with E-state index in [4.69, 9.17) is 5.11 Å². The Kier molecular flexibility index (Phi) is 4.78. The molecule has 1 aromatic carbocycles. The van der Waals surface area contributed by atoms with Crippen LogP contribution in [0.1, 0.15) is 12.0 Å². The molecule has 1 rings (SSSR count). The molecule has 0 bridgehead atoms. The van der Waals surface area contributed by atoms with Gasteiger partial charge in [-0.1, -0.05) is 28.1 Å². The quantitative estimate of drug-likeness (QED) is 0.907. The minimum Gasteiger partial charge on any atom is -0.396 e. The van der Waals surface area contributed by atoms with Gasteiger partial charge in [-0.15, -0.1) is 0 Å². The number of rotatable bonds is 4. The first-order valence-electron chi connectivity index (χ1n) is 4.72. The van der Waals surface area contributed by atoms with Crippen LogP contribution in [0.5, 0.6) is 0 Å². The van der Waals surface area contributed by atoms with Crippen LogP contribution in [0.15, 0.2) is 28.7 Å². The lowest BCUT2D eigenvalue weighted by Crippen LogP contribution is -2.26. The minimum absolute atomic E-state index is 0.0413. The highest BCUT2D eigenvalue weighted by Gasteiger charge is 2.07. The van der Waals surface area contributed by atoms with Crippen molar-refractivity contribution >= 4 is 21.8 Å². The van der Waals surface area contributed by atoms with Crippen molar-refractivity contribution < 1.29 is 9.90 Å². The van der Waals surface area contributed by atoms with Gasteiger partial charge in [-0.05, 0) is 17.7 Å². The number of hydrogen-bond donors (Lipinski definition) is 1. The van der Waals surface area contributed by atoms with E-state index in [1.165, 1.54) is 0 Å². The van der Waals surface area contributed by atoms with E-state index in [9.17, 15) is 4.79 Å². The van der Waals surface area contributed by atoms with Crippen molar-refractivity contribution in [3.63, 3.8) is 0 Å². The predicted molar refractivity (Wildman–Crippen MR) is 62.3 cm³/mol. The second-order valence-corrected chi connectivity index (χ2v) is 4.27. The molecule has 0 radical (unpaired) electrons. The maximum Gasteiger partial charge on any atom is 0.224 e. The lowest BCUT2D eigenvalue weighted by molar-refractivity contribution is -0.131. The van der Waals surface area contributed by atoms with Crippen LogP contribution in [0.25, 0.3) is 0 Å². The smallest absolute Gasteiger partial charge is 0.224 e. The van der Waals surface area contributed by atoms with Gasteiger partial charge in [0.1, 0.15) is 0 Å². The standard InChI is InChI=1S/C11H14BrNO2/c1-13(11(15)6-7-14)8-9-2-4-10(12)5-3-9/h2-5,14H,6-8H2,1H3. The van der Waals surface area contributed by atoms with E-state index in [1.807, 2.05) is 24.3 Å². The molecule has 82 valence electrons. The van der Waals surface area contributed by atoms with Gasteiger partial charge in [0.15, 0.2) is 0 Å². The zero-order chi connectivity index (χ0) is 11.3. The van der Waals surface area contributed by atoms with Gasteiger partial charge in [-0.2, -0.15) is 0 Å². The van der Waals surface area contributed by atoms with Crippen LogP contribution >= 0.6 is 15.9 Å². The minimum atomic E-state index is -0.0937. The lowest BCUT2D eigenvalue weighted by atomic mass is 10.2. The number of carbonyl (C=O) groups is 1. The monoisotopic (exact) mass is 271 g/mol. The van der Waals surface area contributed by atoms with Crippen LogP contribution in [0.2, 0.25) is 0 Å². The largest absolute Gasteiger partial charge is 0.396 e. The molecule has 4 heteroatoms. The van der Waals surface area contributed by atoms with Crippen LogP contribution in [0, 0.1) is 0 Å². The normalized spacial score (nSPS) is 10.1. The van der Waals surface area contributed by atoms with Gasteiger partial charge in [0.05, 0.1) is 6.61 Å². The molecule has 0 unspecified atom stereocenters. The number of aliphatic hydroxyl groups is 1. The lowest BCUT2D eigenvalue weighted by Gasteiger charge is -2.16. The number of aliphatic hydroxyl groups excluding tert-OH is 1. The highest BCUT2D eigenvalue weighted by molar-refractivity contribution is 9.10. The van der Waals surface area contributed by atoms with Gasteiger partial charge in [0, 0.05) is 24.5 Å². The summed E-state index contributed by atoms with van der Waals surface area (Å²) in [6.07, 6.45) is 0.188. The van der Waals surface area contributed by atoms with Crippen molar-refractivity contribution in [3.05, 3.63) is 34.3 Å². The summed E-state index contributed by atoms with van der Waals surface area (Å²) in [6, 6.07) is 7.82. The number of hydrogen-bond acceptors (Lipinski definition) is 2. The summed E-state index contributed by atoms with van der Waals surface area (Å²) in [5.74, 6) is -0.0413. The molecule has 0 aliphatic rings. The first-order valence-corrected chi connectivity index (χ1v) is 5.52. The Morgan fingerprint density at radius 2 is 2.00 bits per heavy atom. The SMILES string of the molecule is CN(Cc1ccc(Br)cc1)C(=O)CCO. The summed E-state index contributed by atoms with van der Waals surface area (Å²) >= 11 is 3.35. The molecule has 0 aromatic heterocycles. The van der Waals surface area contributed by atoms with Gasteiger partial charge in [-0.25, -0.2) is 0 Å². The first-order chi connectivity index (χ1) is 7.13. The van der Waals surface area contributed by atoms with Crippen LogP contribution in [-0.2, 0) is 11.3 Å². The Bertz CT molecular complexity index is 324. The van der Waals surface area contributed by atoms with Crippen molar-refractivity contribution in [3.8, 4) is 0 Å². The fourth-order valence-corrected chi connectivity index (χ4v) is 1.50. The van der Waals surface area contributed by atoms with Crippen LogP contribution in [-0.4, -0.2) is 29.6 Å². The fraction of sp³-hybridized carbons (Fsp3) is 0.364. The molecular weight excluding hydrogens is 258 g/mol. The van der Waals surface area contributed by atoms with E-state index in [0.29, 0.717) is 6.54 Å². The van der Waals surface area contributed by atoms with Gasteiger partial charge < -0.3 is 10.0 Å². The van der Waals surface area contributed by atoms with Crippen molar-refractivity contribution in [1.82, 2.24) is 4.90 Å². The maximum absolute atomic E-state index is 11.4. The van der Waals surface area contributed by atoms with Crippen LogP contribution < -0.4 is 0 Å². The van der Waals surface area contributed by atoms with Crippen molar-refractivity contribution in [1.29, 1.82) is 0 Å². The van der Waals surface area contributed by atoms with Crippen molar-refractivity contribution in [2.24, 2.45) is 0 Å². The van der Waals surface area contributed by atoms with Gasteiger partial charge >= 0.3 is 0 Å². The molecule has 0 saturated heterocycles. The van der Waals surface area contributed by atoms with Crippen molar-refractivity contribution in [2.75, 3.05) is 13.7 Å². The predicted octanol–water partition coefficient (Wildman–Crippen LogP) is 1.79. The third kappa shape index (κ3) is 4.01. The van der Waals surface area contributed by atoms with Gasteiger partial charge in [0.2, 0.25) is 5.91 Å². The van der Waals surface area contributed by atoms with Crippen LogP contribution in [0.4, 0.5) is 0 Å². The third-order valence-corrected chi connectivity index (χ3v) is 2.61. The molecule has 0 aliphatic carbocycles. The van der Waals surface area contributed by atoms with Crippen LogP contribution in [0.3, 0.4) is 0 Å². The molecule has 15 heavy (non-hydrogen) atoms. The van der Waals surface area contributed by atoms with E-state index in [0.717, 1.165) is 10.0 Å². The molecule has 3 nitrogen and oxygen atoms in total. The van der Waals surface area contributed by atoms with E-state index in [-0.39, 0.29) is 18.9 Å². The first kappa shape index (κ1) is 12.2. The summed E-state index contributed by atoms with van der Waals surface area (Å²) in [7, 11) is 1.74. The number of carbonyl (C=O) groups excluding carboxylic acids is 1. The fourth-order valence-electron chi connectivity index (χ4n) is 1.24. The zero-order valence-electron chi connectivity index (χ0n) is 8.61. The summed E-state index contributed by atoms with van der Waals surface area (Å²) < 4.78 is 1.02. The molecule has 1 aromatic rings. The zero-order valence-corrected chi connectivity index (χ0v) is 10.2. The molecular formula is C11H14BrNO2. The van der Waals surface area contributed by atoms with Gasteiger partial charge in [-0.3, -0.25) is 4.79 Å². The summed E-state index contributed by atoms with van der Waals surface area (Å²) in [4.78, 5) is 13.0. The molecule has 0 aliphatic heterocycles. The molecule has 0 saturated carbocycles. The van der Waals surface area contributed by atoms with Gasteiger partial charge in [0.25, 0.3) is 0 Å². The Morgan fingerprint density at radius 1 is 1.40 bits per heavy atom. The number of nitrogens with zero attached hydrogens (tertiary/aromatic N) is 1. The Labute approximate surface area is 97.8 Å². The molecule has 0 fully saturated rings. The number of amides is 1. The Balaban J connectivity index is 2.54. The summed E-state index contributed by atoms with van der Waals surface area (Å²) in [5, 5.41) is 8.63.